The van der Waals surface area contributed by atoms with E-state index in [0.717, 1.165) is 10.5 Å². The van der Waals surface area contributed by atoms with E-state index in [1.54, 1.807) is 50.2 Å². The van der Waals surface area contributed by atoms with Gasteiger partial charge in [0.05, 0.1) is 10.2 Å². The van der Waals surface area contributed by atoms with Crippen molar-refractivity contribution in [3.8, 4) is 0 Å². The largest absolute Gasteiger partial charge is 0.355 e. The molecule has 1 atom stereocenters. The molecule has 142 valence electrons. The number of benzene rings is 2. The number of non-ortho nitro benzene ring substituents is 1. The quantitative estimate of drug-likeness (QED) is 0.448. The minimum atomic E-state index is -0.452. The third kappa shape index (κ3) is 5.55. The van der Waals surface area contributed by atoms with Crippen LogP contribution in [0.25, 0.3) is 0 Å². The Hall–Kier alpha value is -2.87. The lowest BCUT2D eigenvalue weighted by atomic mass is 10.1. The van der Waals surface area contributed by atoms with E-state index in [1.807, 2.05) is 12.1 Å². The molecule has 0 fully saturated rings. The molecule has 1 N–H and O–H groups in total. The third-order valence-corrected chi connectivity index (χ3v) is 5.05. The molecule has 0 spiro atoms. The Morgan fingerprint density at radius 1 is 1.15 bits per heavy atom. The predicted octanol–water partition coefficient (Wildman–Crippen LogP) is 3.09. The van der Waals surface area contributed by atoms with Crippen molar-refractivity contribution in [1.82, 2.24) is 10.2 Å². The molecule has 0 radical (unpaired) electrons. The molecule has 0 aromatic heterocycles. The van der Waals surface area contributed by atoms with E-state index in [4.69, 9.17) is 0 Å². The SMILES string of the molecule is CNC(=O)c1ccc(CN(C)C(=O)[C@H](C)Sc2ccc([N+](=O)[O-])cc2)cc1. The van der Waals surface area contributed by atoms with Crippen LogP contribution in [0.2, 0.25) is 0 Å². The molecule has 0 bridgehead atoms. The predicted molar refractivity (Wildman–Crippen MR) is 105 cm³/mol. The van der Waals surface area contributed by atoms with E-state index in [-0.39, 0.29) is 22.8 Å². The maximum Gasteiger partial charge on any atom is 0.269 e. The average Bonchev–Trinajstić information content (AvgIpc) is 2.67. The fourth-order valence-electron chi connectivity index (χ4n) is 2.47. The van der Waals surface area contributed by atoms with Crippen molar-refractivity contribution in [2.75, 3.05) is 14.1 Å². The molecule has 2 aromatic rings. The molecule has 0 heterocycles. The van der Waals surface area contributed by atoms with Crippen LogP contribution in [0.3, 0.4) is 0 Å². The molecule has 0 saturated heterocycles. The van der Waals surface area contributed by atoms with Crippen LogP contribution in [-0.4, -0.2) is 41.0 Å². The highest BCUT2D eigenvalue weighted by Gasteiger charge is 2.19. The first-order chi connectivity index (χ1) is 12.8. The van der Waals surface area contributed by atoms with Gasteiger partial charge in [-0.05, 0) is 36.8 Å². The van der Waals surface area contributed by atoms with Gasteiger partial charge in [0.2, 0.25) is 5.91 Å². The molecular weight excluding hydrogens is 366 g/mol. The zero-order chi connectivity index (χ0) is 20.0. The molecule has 2 aromatic carbocycles. The number of hydrogen-bond donors (Lipinski definition) is 1. The van der Waals surface area contributed by atoms with Crippen LogP contribution in [-0.2, 0) is 11.3 Å². The topological polar surface area (TPSA) is 92.6 Å². The summed E-state index contributed by atoms with van der Waals surface area (Å²) in [6, 6.07) is 13.2. The summed E-state index contributed by atoms with van der Waals surface area (Å²) in [4.78, 5) is 36.8. The standard InChI is InChI=1S/C19H21N3O4S/c1-13(27-17-10-8-16(9-11-17)22(25)26)19(24)21(3)12-14-4-6-15(7-5-14)18(23)20-2/h4-11,13H,12H2,1-3H3,(H,20,23)/t13-/m0/s1. The lowest BCUT2D eigenvalue weighted by Crippen LogP contribution is -2.32. The Morgan fingerprint density at radius 2 is 1.74 bits per heavy atom. The van der Waals surface area contributed by atoms with Gasteiger partial charge in [0.25, 0.3) is 11.6 Å². The van der Waals surface area contributed by atoms with Crippen LogP contribution in [0.5, 0.6) is 0 Å². The summed E-state index contributed by atoms with van der Waals surface area (Å²) in [5, 5.41) is 12.9. The number of thioether (sulfide) groups is 1. The van der Waals surface area contributed by atoms with Crippen molar-refractivity contribution in [2.24, 2.45) is 0 Å². The molecule has 2 rings (SSSR count). The number of amides is 2. The smallest absolute Gasteiger partial charge is 0.269 e. The van der Waals surface area contributed by atoms with E-state index in [9.17, 15) is 19.7 Å². The highest BCUT2D eigenvalue weighted by Crippen LogP contribution is 2.26. The minimum Gasteiger partial charge on any atom is -0.355 e. The summed E-state index contributed by atoms with van der Waals surface area (Å²) >= 11 is 1.35. The fourth-order valence-corrected chi connectivity index (χ4v) is 3.45. The van der Waals surface area contributed by atoms with Gasteiger partial charge in [-0.2, -0.15) is 0 Å². The molecule has 8 heteroatoms. The molecular formula is C19H21N3O4S. The summed E-state index contributed by atoms with van der Waals surface area (Å²) in [5.74, 6) is -0.201. The number of nitro benzene ring substituents is 1. The van der Waals surface area contributed by atoms with Gasteiger partial charge in [0.1, 0.15) is 0 Å². The first-order valence-electron chi connectivity index (χ1n) is 8.29. The van der Waals surface area contributed by atoms with Gasteiger partial charge in [-0.25, -0.2) is 0 Å². The second-order valence-electron chi connectivity index (χ2n) is 5.98. The van der Waals surface area contributed by atoms with Gasteiger partial charge < -0.3 is 10.2 Å². The van der Waals surface area contributed by atoms with Gasteiger partial charge in [-0.1, -0.05) is 12.1 Å². The number of carbonyl (C=O) groups excluding carboxylic acids is 2. The molecule has 0 aliphatic rings. The van der Waals surface area contributed by atoms with Crippen molar-refractivity contribution in [2.45, 2.75) is 23.6 Å². The Bertz CT molecular complexity index is 822. The van der Waals surface area contributed by atoms with E-state index >= 15 is 0 Å². The summed E-state index contributed by atoms with van der Waals surface area (Å²) in [6.45, 7) is 2.23. The van der Waals surface area contributed by atoms with Gasteiger partial charge in [0, 0.05) is 43.2 Å². The number of carbonyl (C=O) groups is 2. The zero-order valence-electron chi connectivity index (χ0n) is 15.3. The van der Waals surface area contributed by atoms with E-state index in [0.29, 0.717) is 12.1 Å². The number of hydrogen-bond acceptors (Lipinski definition) is 5. The second kappa shape index (κ2) is 9.18. The second-order valence-corrected chi connectivity index (χ2v) is 7.40. The van der Waals surface area contributed by atoms with Crippen molar-refractivity contribution in [1.29, 1.82) is 0 Å². The van der Waals surface area contributed by atoms with Gasteiger partial charge >= 0.3 is 0 Å². The average molecular weight is 387 g/mol. The molecule has 0 aliphatic heterocycles. The van der Waals surface area contributed by atoms with E-state index < -0.39 is 4.92 Å². The van der Waals surface area contributed by atoms with Crippen LogP contribution < -0.4 is 5.32 Å². The first-order valence-corrected chi connectivity index (χ1v) is 9.17. The monoisotopic (exact) mass is 387 g/mol. The highest BCUT2D eigenvalue weighted by molar-refractivity contribution is 8.00. The Balaban J connectivity index is 1.95. The van der Waals surface area contributed by atoms with E-state index in [2.05, 4.69) is 5.32 Å². The van der Waals surface area contributed by atoms with Crippen molar-refractivity contribution < 1.29 is 14.5 Å². The molecule has 27 heavy (non-hydrogen) atoms. The number of rotatable bonds is 7. The number of nitrogens with zero attached hydrogens (tertiary/aromatic N) is 2. The Kier molecular flexibility index (Phi) is 6.95. The van der Waals surface area contributed by atoms with Crippen LogP contribution in [0.1, 0.15) is 22.8 Å². The lowest BCUT2D eigenvalue weighted by molar-refractivity contribution is -0.384. The fraction of sp³-hybridized carbons (Fsp3) is 0.263. The maximum absolute atomic E-state index is 12.6. The van der Waals surface area contributed by atoms with Crippen molar-refractivity contribution in [3.63, 3.8) is 0 Å². The van der Waals surface area contributed by atoms with E-state index in [1.165, 1.54) is 23.9 Å². The molecule has 0 aliphatic carbocycles. The molecule has 2 amide bonds. The third-order valence-electron chi connectivity index (χ3n) is 3.95. The van der Waals surface area contributed by atoms with Gasteiger partial charge in [-0.3, -0.25) is 19.7 Å². The highest BCUT2D eigenvalue weighted by atomic mass is 32.2. The summed E-state index contributed by atoms with van der Waals surface area (Å²) in [5.41, 5.74) is 1.51. The lowest BCUT2D eigenvalue weighted by Gasteiger charge is -2.21. The van der Waals surface area contributed by atoms with Gasteiger partial charge in [-0.15, -0.1) is 11.8 Å². The minimum absolute atomic E-state index is 0.0237. The van der Waals surface area contributed by atoms with Crippen LogP contribution in [0, 0.1) is 10.1 Å². The molecule has 0 saturated carbocycles. The number of nitro groups is 1. The molecule has 7 nitrogen and oxygen atoms in total. The summed E-state index contributed by atoms with van der Waals surface area (Å²) in [6.07, 6.45) is 0. The van der Waals surface area contributed by atoms with Gasteiger partial charge in [0.15, 0.2) is 0 Å². The molecule has 0 unspecified atom stereocenters. The van der Waals surface area contributed by atoms with Crippen molar-refractivity contribution >= 4 is 29.3 Å². The number of nitrogens with one attached hydrogen (secondary N) is 1. The maximum atomic E-state index is 12.6. The van der Waals surface area contributed by atoms with Crippen molar-refractivity contribution in [3.05, 3.63) is 69.8 Å². The Labute approximate surface area is 161 Å². The zero-order valence-corrected chi connectivity index (χ0v) is 16.2. The Morgan fingerprint density at radius 3 is 2.26 bits per heavy atom. The first kappa shape index (κ1) is 20.4. The van der Waals surface area contributed by atoms with Crippen LogP contribution in [0.15, 0.2) is 53.4 Å². The van der Waals surface area contributed by atoms with Crippen LogP contribution in [0.4, 0.5) is 5.69 Å². The summed E-state index contributed by atoms with van der Waals surface area (Å²) in [7, 11) is 3.30. The normalized spacial score (nSPS) is 11.5. The van der Waals surface area contributed by atoms with Crippen LogP contribution >= 0.6 is 11.8 Å². The summed E-state index contributed by atoms with van der Waals surface area (Å²) < 4.78 is 0.